The van der Waals surface area contributed by atoms with E-state index in [0.717, 1.165) is 11.0 Å². The van der Waals surface area contributed by atoms with Crippen LogP contribution in [0.2, 0.25) is 0 Å². The highest BCUT2D eigenvalue weighted by atomic mass is 79.9. The van der Waals surface area contributed by atoms with E-state index in [9.17, 15) is 9.59 Å². The minimum Gasteiger partial charge on any atom is -0.355 e. The number of rotatable bonds is 3. The van der Waals surface area contributed by atoms with Crippen molar-refractivity contribution in [2.24, 2.45) is 0 Å². The van der Waals surface area contributed by atoms with Crippen molar-refractivity contribution in [3.05, 3.63) is 34.3 Å². The standard InChI is InChI=1S/C14H17BrN2O2/c1-10(17-8-6-13(18)16-7-9-17)14(19)11-2-4-12(15)5-3-11/h2-5,10H,6-9H2,1H3,(H,16,18). The molecule has 1 aromatic rings. The summed E-state index contributed by atoms with van der Waals surface area (Å²) in [7, 11) is 0. The molecule has 1 atom stereocenters. The zero-order valence-electron chi connectivity index (χ0n) is 10.9. The third kappa shape index (κ3) is 3.64. The van der Waals surface area contributed by atoms with Crippen LogP contribution in [0.1, 0.15) is 23.7 Å². The van der Waals surface area contributed by atoms with Gasteiger partial charge in [0.1, 0.15) is 0 Å². The summed E-state index contributed by atoms with van der Waals surface area (Å²) in [5.74, 6) is 0.160. The van der Waals surface area contributed by atoms with E-state index in [-0.39, 0.29) is 17.7 Å². The van der Waals surface area contributed by atoms with Crippen LogP contribution in [0.5, 0.6) is 0 Å². The smallest absolute Gasteiger partial charge is 0.221 e. The molecule has 0 saturated carbocycles. The van der Waals surface area contributed by atoms with Gasteiger partial charge in [-0.3, -0.25) is 14.5 Å². The maximum absolute atomic E-state index is 12.4. The summed E-state index contributed by atoms with van der Waals surface area (Å²) in [6.45, 7) is 3.86. The van der Waals surface area contributed by atoms with Crippen LogP contribution in [0.3, 0.4) is 0 Å². The third-order valence-corrected chi connectivity index (χ3v) is 3.93. The third-order valence-electron chi connectivity index (χ3n) is 3.40. The van der Waals surface area contributed by atoms with E-state index in [1.165, 1.54) is 0 Å². The van der Waals surface area contributed by atoms with E-state index in [4.69, 9.17) is 0 Å². The molecule has 5 heteroatoms. The second kappa shape index (κ2) is 6.30. The molecule has 0 spiro atoms. The van der Waals surface area contributed by atoms with Crippen molar-refractivity contribution >= 4 is 27.6 Å². The molecule has 1 fully saturated rings. The summed E-state index contributed by atoms with van der Waals surface area (Å²) in [5.41, 5.74) is 0.708. The normalized spacial score (nSPS) is 18.5. The molecule has 0 bridgehead atoms. The van der Waals surface area contributed by atoms with Crippen molar-refractivity contribution in [1.82, 2.24) is 10.2 Å². The van der Waals surface area contributed by atoms with Crippen molar-refractivity contribution in [3.8, 4) is 0 Å². The maximum atomic E-state index is 12.4. The number of ketones is 1. The highest BCUT2D eigenvalue weighted by Crippen LogP contribution is 2.14. The van der Waals surface area contributed by atoms with Crippen molar-refractivity contribution in [3.63, 3.8) is 0 Å². The molecule has 2 rings (SSSR count). The van der Waals surface area contributed by atoms with Crippen LogP contribution < -0.4 is 5.32 Å². The molecule has 1 aliphatic rings. The van der Waals surface area contributed by atoms with Crippen LogP contribution in [0.15, 0.2) is 28.7 Å². The van der Waals surface area contributed by atoms with Crippen LogP contribution in [-0.4, -0.2) is 42.3 Å². The molecule has 19 heavy (non-hydrogen) atoms. The lowest BCUT2D eigenvalue weighted by molar-refractivity contribution is -0.120. The summed E-state index contributed by atoms with van der Waals surface area (Å²) in [6.07, 6.45) is 0.456. The zero-order valence-corrected chi connectivity index (χ0v) is 12.4. The molecule has 102 valence electrons. The predicted molar refractivity (Wildman–Crippen MR) is 77.1 cm³/mol. The number of hydrogen-bond donors (Lipinski definition) is 1. The Morgan fingerprint density at radius 1 is 1.32 bits per heavy atom. The first-order chi connectivity index (χ1) is 9.08. The number of hydrogen-bond acceptors (Lipinski definition) is 3. The van der Waals surface area contributed by atoms with Gasteiger partial charge in [-0.1, -0.05) is 28.1 Å². The first-order valence-corrected chi connectivity index (χ1v) is 7.18. The summed E-state index contributed by atoms with van der Waals surface area (Å²) in [5, 5.41) is 2.82. The van der Waals surface area contributed by atoms with Gasteiger partial charge in [-0.2, -0.15) is 0 Å². The number of carbonyl (C=O) groups excluding carboxylic acids is 2. The van der Waals surface area contributed by atoms with Crippen LogP contribution in [-0.2, 0) is 4.79 Å². The van der Waals surface area contributed by atoms with Crippen molar-refractivity contribution in [2.75, 3.05) is 19.6 Å². The number of benzene rings is 1. The lowest BCUT2D eigenvalue weighted by atomic mass is 10.0. The van der Waals surface area contributed by atoms with E-state index >= 15 is 0 Å². The number of nitrogens with one attached hydrogen (secondary N) is 1. The number of nitrogens with zero attached hydrogens (tertiary/aromatic N) is 1. The summed E-state index contributed by atoms with van der Waals surface area (Å²) >= 11 is 3.36. The molecular weight excluding hydrogens is 308 g/mol. The fourth-order valence-corrected chi connectivity index (χ4v) is 2.46. The largest absolute Gasteiger partial charge is 0.355 e. The van der Waals surface area contributed by atoms with Gasteiger partial charge >= 0.3 is 0 Å². The fraction of sp³-hybridized carbons (Fsp3) is 0.429. The first kappa shape index (κ1) is 14.2. The van der Waals surface area contributed by atoms with E-state index in [2.05, 4.69) is 26.1 Å². The zero-order chi connectivity index (χ0) is 13.8. The van der Waals surface area contributed by atoms with Crippen LogP contribution in [0, 0.1) is 0 Å². The molecule has 1 unspecified atom stereocenters. The topological polar surface area (TPSA) is 49.4 Å². The van der Waals surface area contributed by atoms with E-state index in [1.807, 2.05) is 31.2 Å². The van der Waals surface area contributed by atoms with E-state index in [1.54, 1.807) is 0 Å². The Balaban J connectivity index is 2.05. The Hall–Kier alpha value is -1.20. The molecule has 1 saturated heterocycles. The van der Waals surface area contributed by atoms with Gasteiger partial charge < -0.3 is 5.32 Å². The van der Waals surface area contributed by atoms with Crippen molar-refractivity contribution in [1.29, 1.82) is 0 Å². The van der Waals surface area contributed by atoms with Crippen LogP contribution in [0.4, 0.5) is 0 Å². The van der Waals surface area contributed by atoms with Crippen LogP contribution in [0.25, 0.3) is 0 Å². The van der Waals surface area contributed by atoms with Gasteiger partial charge in [-0.25, -0.2) is 0 Å². The molecule has 1 heterocycles. The second-order valence-electron chi connectivity index (χ2n) is 4.68. The number of carbonyl (C=O) groups is 2. The molecular formula is C14H17BrN2O2. The van der Waals surface area contributed by atoms with E-state index < -0.39 is 0 Å². The average molecular weight is 325 g/mol. The highest BCUT2D eigenvalue weighted by molar-refractivity contribution is 9.10. The van der Waals surface area contributed by atoms with Gasteiger partial charge in [-0.05, 0) is 19.1 Å². The summed E-state index contributed by atoms with van der Waals surface area (Å²) < 4.78 is 0.960. The lowest BCUT2D eigenvalue weighted by Gasteiger charge is -2.25. The average Bonchev–Trinajstić information content (AvgIpc) is 2.63. The number of halogens is 1. The van der Waals surface area contributed by atoms with Gasteiger partial charge in [-0.15, -0.1) is 0 Å². The van der Waals surface area contributed by atoms with Crippen molar-refractivity contribution in [2.45, 2.75) is 19.4 Å². The lowest BCUT2D eigenvalue weighted by Crippen LogP contribution is -2.41. The van der Waals surface area contributed by atoms with E-state index in [0.29, 0.717) is 25.1 Å². The molecule has 0 radical (unpaired) electrons. The highest BCUT2D eigenvalue weighted by Gasteiger charge is 2.24. The predicted octanol–water partition coefficient (Wildman–Crippen LogP) is 1.84. The Morgan fingerprint density at radius 3 is 2.68 bits per heavy atom. The molecule has 0 aromatic heterocycles. The quantitative estimate of drug-likeness (QED) is 0.863. The Labute approximate surface area is 121 Å². The van der Waals surface area contributed by atoms with Gasteiger partial charge in [0, 0.05) is 36.1 Å². The van der Waals surface area contributed by atoms with Gasteiger partial charge in [0.2, 0.25) is 5.91 Å². The molecule has 1 aromatic carbocycles. The summed E-state index contributed by atoms with van der Waals surface area (Å²) in [4.78, 5) is 25.7. The fourth-order valence-electron chi connectivity index (χ4n) is 2.19. The Morgan fingerprint density at radius 2 is 2.00 bits per heavy atom. The van der Waals surface area contributed by atoms with Gasteiger partial charge in [0.25, 0.3) is 0 Å². The Kier molecular flexibility index (Phi) is 4.71. The monoisotopic (exact) mass is 324 g/mol. The molecule has 1 N–H and O–H groups in total. The molecule has 0 aliphatic carbocycles. The molecule has 1 aliphatic heterocycles. The van der Waals surface area contributed by atoms with Gasteiger partial charge in [0.15, 0.2) is 5.78 Å². The molecule has 4 nitrogen and oxygen atoms in total. The maximum Gasteiger partial charge on any atom is 0.221 e. The van der Waals surface area contributed by atoms with Gasteiger partial charge in [0.05, 0.1) is 6.04 Å². The second-order valence-corrected chi connectivity index (χ2v) is 5.60. The summed E-state index contributed by atoms with van der Waals surface area (Å²) in [6, 6.07) is 7.18. The minimum atomic E-state index is -0.200. The minimum absolute atomic E-state index is 0.0609. The Bertz CT molecular complexity index is 473. The molecule has 1 amide bonds. The van der Waals surface area contributed by atoms with Crippen molar-refractivity contribution < 1.29 is 9.59 Å². The first-order valence-electron chi connectivity index (χ1n) is 6.38. The number of Topliss-reactive ketones (excluding diaryl/α,β-unsaturated/α-hetero) is 1. The SMILES string of the molecule is CC(C(=O)c1ccc(Br)cc1)N1CCNC(=O)CC1. The number of amides is 1. The van der Waals surface area contributed by atoms with Crippen LogP contribution >= 0.6 is 15.9 Å².